The normalized spacial score (nSPS) is 14.6. The van der Waals surface area contributed by atoms with Gasteiger partial charge in [0.05, 0.1) is 17.7 Å². The highest BCUT2D eigenvalue weighted by Gasteiger charge is 2.34. The Morgan fingerprint density at radius 1 is 0.902 bits per heavy atom. The summed E-state index contributed by atoms with van der Waals surface area (Å²) in [5.41, 5.74) is 1.26. The Bertz CT molecular complexity index is 1390. The van der Waals surface area contributed by atoms with Crippen molar-refractivity contribution >= 4 is 27.5 Å². The fourth-order valence-corrected chi connectivity index (χ4v) is 6.65. The van der Waals surface area contributed by atoms with Crippen molar-refractivity contribution in [2.24, 2.45) is 0 Å². The van der Waals surface area contributed by atoms with E-state index in [2.05, 4.69) is 5.32 Å². The topological polar surface area (TPSA) is 96.0 Å². The minimum atomic E-state index is -4.15. The highest BCUT2D eigenvalue weighted by atomic mass is 32.2. The van der Waals surface area contributed by atoms with Gasteiger partial charge in [-0.1, -0.05) is 79.9 Å². The highest BCUT2D eigenvalue weighted by molar-refractivity contribution is 7.92. The van der Waals surface area contributed by atoms with Gasteiger partial charge >= 0.3 is 0 Å². The van der Waals surface area contributed by atoms with Crippen LogP contribution < -0.4 is 14.4 Å². The molecule has 0 heterocycles. The van der Waals surface area contributed by atoms with Gasteiger partial charge in [0.1, 0.15) is 18.3 Å². The van der Waals surface area contributed by atoms with Crippen LogP contribution in [0.1, 0.15) is 44.6 Å². The maximum absolute atomic E-state index is 14.1. The summed E-state index contributed by atoms with van der Waals surface area (Å²) in [4.78, 5) is 29.0. The van der Waals surface area contributed by atoms with E-state index in [1.165, 1.54) is 24.1 Å². The summed E-state index contributed by atoms with van der Waals surface area (Å²) in [5.74, 6) is -0.385. The van der Waals surface area contributed by atoms with Gasteiger partial charge in [-0.15, -0.1) is 0 Å². The van der Waals surface area contributed by atoms with Crippen LogP contribution in [0.4, 0.5) is 5.69 Å². The van der Waals surface area contributed by atoms with Crippen LogP contribution in [-0.4, -0.2) is 57.4 Å². The molecule has 1 atom stereocenters. The van der Waals surface area contributed by atoms with Crippen LogP contribution in [0.2, 0.25) is 0 Å². The van der Waals surface area contributed by atoms with Crippen molar-refractivity contribution in [2.75, 3.05) is 24.5 Å². The number of nitrogens with zero attached hydrogens (tertiary/aromatic N) is 2. The van der Waals surface area contributed by atoms with E-state index in [9.17, 15) is 18.0 Å². The van der Waals surface area contributed by atoms with E-state index in [0.717, 1.165) is 42.0 Å². The van der Waals surface area contributed by atoms with Crippen LogP contribution >= 0.6 is 0 Å². The molecule has 0 spiro atoms. The molecule has 218 valence electrons. The van der Waals surface area contributed by atoms with Gasteiger partial charge in [0, 0.05) is 12.6 Å². The Hall–Kier alpha value is -3.85. The molecular formula is C32H39N3O5S. The van der Waals surface area contributed by atoms with Gasteiger partial charge in [-0.3, -0.25) is 13.9 Å². The third-order valence-corrected chi connectivity index (χ3v) is 9.34. The van der Waals surface area contributed by atoms with E-state index in [0.29, 0.717) is 12.2 Å². The number of carbonyl (C=O) groups excluding carboxylic acids is 2. The number of hydrogen-bond donors (Lipinski definition) is 1. The SMILES string of the molecule is COc1ccccc1N(CC(=O)N(CCc1ccccc1)[C@@H](C)C(=O)NC1CCCCC1)S(=O)(=O)c1ccccc1. The largest absolute Gasteiger partial charge is 0.495 e. The third kappa shape index (κ3) is 7.67. The molecule has 0 bridgehead atoms. The number of benzene rings is 3. The highest BCUT2D eigenvalue weighted by Crippen LogP contribution is 2.32. The van der Waals surface area contributed by atoms with Crippen molar-refractivity contribution in [2.45, 2.75) is 62.4 Å². The molecule has 1 aliphatic rings. The zero-order valence-corrected chi connectivity index (χ0v) is 24.6. The third-order valence-electron chi connectivity index (χ3n) is 7.57. The van der Waals surface area contributed by atoms with E-state index in [1.807, 2.05) is 30.3 Å². The average Bonchev–Trinajstić information content (AvgIpc) is 3.01. The summed E-state index contributed by atoms with van der Waals surface area (Å²) in [7, 11) is -2.69. The summed E-state index contributed by atoms with van der Waals surface area (Å²) in [6.45, 7) is 1.47. The number of hydrogen-bond acceptors (Lipinski definition) is 5. The smallest absolute Gasteiger partial charge is 0.264 e. The molecule has 2 amide bonds. The number of sulfonamides is 1. The van der Waals surface area contributed by atoms with Gasteiger partial charge in [-0.05, 0) is 56.0 Å². The van der Waals surface area contributed by atoms with Crippen LogP contribution in [0.25, 0.3) is 0 Å². The van der Waals surface area contributed by atoms with Gasteiger partial charge in [-0.25, -0.2) is 8.42 Å². The van der Waals surface area contributed by atoms with Gasteiger partial charge in [-0.2, -0.15) is 0 Å². The predicted octanol–water partition coefficient (Wildman–Crippen LogP) is 4.80. The van der Waals surface area contributed by atoms with Crippen molar-refractivity contribution in [3.8, 4) is 5.75 Å². The fraction of sp³-hybridized carbons (Fsp3) is 0.375. The van der Waals surface area contributed by atoms with Crippen LogP contribution in [0.3, 0.4) is 0 Å². The standard InChI is InChI=1S/C32H39N3O5S/c1-25(32(37)33-27-16-8-4-9-17-27)34(23-22-26-14-6-3-7-15-26)31(36)24-35(29-20-12-13-21-30(29)40-2)41(38,39)28-18-10-5-11-19-28/h3,5-7,10-15,18-21,25,27H,4,8-9,16-17,22-24H2,1-2H3,(H,33,37)/t25-/m0/s1. The van der Waals surface area contributed by atoms with Gasteiger partial charge < -0.3 is 15.0 Å². The first-order chi connectivity index (χ1) is 19.8. The lowest BCUT2D eigenvalue weighted by molar-refractivity contribution is -0.139. The molecule has 0 radical (unpaired) electrons. The lowest BCUT2D eigenvalue weighted by Crippen LogP contribution is -2.53. The molecule has 41 heavy (non-hydrogen) atoms. The quantitative estimate of drug-likeness (QED) is 0.334. The fourth-order valence-electron chi connectivity index (χ4n) is 5.21. The molecular weight excluding hydrogens is 538 g/mol. The number of para-hydroxylation sites is 2. The zero-order valence-electron chi connectivity index (χ0n) is 23.7. The Morgan fingerprint density at radius 3 is 2.17 bits per heavy atom. The molecule has 1 fully saturated rings. The van der Waals surface area contributed by atoms with Crippen LogP contribution in [0, 0.1) is 0 Å². The first-order valence-corrected chi connectivity index (χ1v) is 15.6. The molecule has 1 aliphatic carbocycles. The van der Waals surface area contributed by atoms with Crippen LogP contribution in [0.15, 0.2) is 89.8 Å². The van der Waals surface area contributed by atoms with E-state index < -0.39 is 28.5 Å². The van der Waals surface area contributed by atoms with Crippen molar-refractivity contribution in [3.05, 3.63) is 90.5 Å². The van der Waals surface area contributed by atoms with Crippen molar-refractivity contribution in [3.63, 3.8) is 0 Å². The molecule has 3 aromatic carbocycles. The molecule has 3 aromatic rings. The second-order valence-electron chi connectivity index (χ2n) is 10.3. The van der Waals surface area contributed by atoms with Gasteiger partial charge in [0.2, 0.25) is 11.8 Å². The second-order valence-corrected chi connectivity index (χ2v) is 12.2. The number of anilines is 1. The van der Waals surface area contributed by atoms with Crippen molar-refractivity contribution in [1.29, 1.82) is 0 Å². The Balaban J connectivity index is 1.65. The summed E-state index contributed by atoms with van der Waals surface area (Å²) < 4.78 is 34.4. The van der Waals surface area contributed by atoms with Gasteiger partial charge in [0.25, 0.3) is 10.0 Å². The monoisotopic (exact) mass is 577 g/mol. The zero-order chi connectivity index (χ0) is 29.2. The Labute approximate surface area is 243 Å². The molecule has 0 unspecified atom stereocenters. The summed E-state index contributed by atoms with van der Waals surface area (Å²) >= 11 is 0. The molecule has 1 N–H and O–H groups in total. The van der Waals surface area contributed by atoms with Crippen molar-refractivity contribution in [1.82, 2.24) is 10.2 Å². The van der Waals surface area contributed by atoms with Crippen LogP contribution in [0.5, 0.6) is 5.75 Å². The Kier molecular flexibility index (Phi) is 10.4. The van der Waals surface area contributed by atoms with Gasteiger partial charge in [0.15, 0.2) is 0 Å². The summed E-state index contributed by atoms with van der Waals surface area (Å²) in [5, 5.41) is 3.13. The van der Waals surface area contributed by atoms with E-state index in [1.54, 1.807) is 49.4 Å². The minimum absolute atomic E-state index is 0.0534. The average molecular weight is 578 g/mol. The number of amides is 2. The molecule has 9 heteroatoms. The predicted molar refractivity (Wildman–Crippen MR) is 160 cm³/mol. The lowest BCUT2D eigenvalue weighted by Gasteiger charge is -2.33. The molecule has 0 saturated heterocycles. The maximum atomic E-state index is 14.1. The molecule has 4 rings (SSSR count). The summed E-state index contributed by atoms with van der Waals surface area (Å²) in [6, 6.07) is 23.7. The second kappa shape index (κ2) is 14.2. The molecule has 1 saturated carbocycles. The number of rotatable bonds is 12. The molecule has 0 aliphatic heterocycles. The summed E-state index contributed by atoms with van der Waals surface area (Å²) in [6.07, 6.45) is 5.68. The lowest BCUT2D eigenvalue weighted by atomic mass is 9.95. The number of ether oxygens (including phenoxy) is 1. The minimum Gasteiger partial charge on any atom is -0.495 e. The van der Waals surface area contributed by atoms with E-state index >= 15 is 0 Å². The first kappa shape index (κ1) is 30.1. The number of methoxy groups -OCH3 is 1. The Morgan fingerprint density at radius 2 is 1.51 bits per heavy atom. The van der Waals surface area contributed by atoms with Crippen molar-refractivity contribution < 1.29 is 22.7 Å². The molecule has 0 aromatic heterocycles. The number of carbonyl (C=O) groups is 2. The maximum Gasteiger partial charge on any atom is 0.264 e. The molecule has 8 nitrogen and oxygen atoms in total. The first-order valence-electron chi connectivity index (χ1n) is 14.2. The van der Waals surface area contributed by atoms with Crippen LogP contribution in [-0.2, 0) is 26.0 Å². The van der Waals surface area contributed by atoms with E-state index in [-0.39, 0.29) is 29.1 Å². The van der Waals surface area contributed by atoms with E-state index in [4.69, 9.17) is 4.74 Å². The number of nitrogens with one attached hydrogen (secondary N) is 1.